The van der Waals surface area contributed by atoms with Gasteiger partial charge in [0.05, 0.1) is 24.3 Å². The molecular weight excluding hydrogens is 260 g/mol. The van der Waals surface area contributed by atoms with Crippen molar-refractivity contribution in [3.05, 3.63) is 11.6 Å². The van der Waals surface area contributed by atoms with Gasteiger partial charge in [0, 0.05) is 12.3 Å². The topological polar surface area (TPSA) is 95.2 Å². The maximum Gasteiger partial charge on any atom is 0.182 e. The van der Waals surface area contributed by atoms with Gasteiger partial charge in [0.15, 0.2) is 10.8 Å². The third-order valence-corrected chi connectivity index (χ3v) is 6.37. The van der Waals surface area contributed by atoms with Gasteiger partial charge in [-0.25, -0.2) is 0 Å². The van der Waals surface area contributed by atoms with Crippen LogP contribution in [-0.4, -0.2) is 0 Å². The molecule has 0 saturated heterocycles. The summed E-state index contributed by atoms with van der Waals surface area (Å²) in [6, 6.07) is 8.15. The Balaban J connectivity index is 2.19. The fraction of sp³-hybridized carbons (Fsp3) is 0.647. The normalized spacial score (nSPS) is 36.3. The fourth-order valence-corrected chi connectivity index (χ4v) is 4.75. The second-order valence-corrected chi connectivity index (χ2v) is 7.16. The summed E-state index contributed by atoms with van der Waals surface area (Å²) in [7, 11) is 0. The molecule has 0 heterocycles. The van der Waals surface area contributed by atoms with Crippen LogP contribution in [0.4, 0.5) is 0 Å². The predicted molar refractivity (Wildman–Crippen MR) is 73.5 cm³/mol. The summed E-state index contributed by atoms with van der Waals surface area (Å²) in [6.07, 6.45) is 4.01. The average Bonchev–Trinajstić information content (AvgIpc) is 2.52. The van der Waals surface area contributed by atoms with E-state index in [0.29, 0.717) is 11.8 Å². The van der Waals surface area contributed by atoms with Crippen LogP contribution in [0.5, 0.6) is 0 Å². The lowest BCUT2D eigenvalue weighted by molar-refractivity contribution is -0.0709. The molecule has 3 saturated carbocycles. The molecule has 4 rings (SSSR count). The van der Waals surface area contributed by atoms with E-state index in [9.17, 15) is 21.0 Å². The van der Waals surface area contributed by atoms with Crippen molar-refractivity contribution < 1.29 is 0 Å². The van der Waals surface area contributed by atoms with Crippen molar-refractivity contribution in [2.75, 3.05) is 0 Å². The zero-order valence-corrected chi connectivity index (χ0v) is 12.2. The molecule has 0 spiro atoms. The maximum absolute atomic E-state index is 9.71. The van der Waals surface area contributed by atoms with E-state index in [1.807, 2.05) is 18.2 Å². The molecule has 104 valence electrons. The summed E-state index contributed by atoms with van der Waals surface area (Å²) in [5, 5.41) is 38.4. The molecular formula is C17H16N4. The molecule has 0 aromatic carbocycles. The minimum Gasteiger partial charge on any atom is -0.196 e. The molecule has 4 aliphatic carbocycles. The SMILES string of the molecule is CC1(C)C2CC1C1=CCC(C#N)(C#N)C(C#N)(C#N)[C@@H]1C2. The zero-order valence-electron chi connectivity index (χ0n) is 12.2. The van der Waals surface area contributed by atoms with E-state index in [1.165, 1.54) is 0 Å². The van der Waals surface area contributed by atoms with E-state index >= 15 is 0 Å². The van der Waals surface area contributed by atoms with Gasteiger partial charge in [0.1, 0.15) is 0 Å². The van der Waals surface area contributed by atoms with Gasteiger partial charge in [-0.3, -0.25) is 0 Å². The van der Waals surface area contributed by atoms with Crippen molar-refractivity contribution in [1.29, 1.82) is 21.0 Å². The number of hydrogen-bond acceptors (Lipinski definition) is 4. The van der Waals surface area contributed by atoms with Gasteiger partial charge in [0.25, 0.3) is 0 Å². The molecule has 4 aliphatic rings. The molecule has 0 radical (unpaired) electrons. The average molecular weight is 276 g/mol. The summed E-state index contributed by atoms with van der Waals surface area (Å²) in [4.78, 5) is 0. The van der Waals surface area contributed by atoms with Gasteiger partial charge in [-0.05, 0) is 30.1 Å². The Labute approximate surface area is 124 Å². The van der Waals surface area contributed by atoms with Crippen LogP contribution in [0.15, 0.2) is 11.6 Å². The molecule has 4 heteroatoms. The Bertz CT molecular complexity index is 673. The number of nitrogens with zero attached hydrogens (tertiary/aromatic N) is 4. The lowest BCUT2D eigenvalue weighted by atomic mass is 9.39. The van der Waals surface area contributed by atoms with Crippen LogP contribution in [0.3, 0.4) is 0 Å². The van der Waals surface area contributed by atoms with Crippen LogP contribution in [-0.2, 0) is 0 Å². The molecule has 0 aliphatic heterocycles. The van der Waals surface area contributed by atoms with E-state index < -0.39 is 10.8 Å². The lowest BCUT2D eigenvalue weighted by Crippen LogP contribution is -2.59. The molecule has 0 N–H and O–H groups in total. The highest BCUT2D eigenvalue weighted by atomic mass is 14.7. The van der Waals surface area contributed by atoms with E-state index in [2.05, 4.69) is 26.0 Å². The molecule has 3 atom stereocenters. The highest BCUT2D eigenvalue weighted by Gasteiger charge is 2.67. The van der Waals surface area contributed by atoms with Crippen molar-refractivity contribution in [2.24, 2.45) is 34.0 Å². The summed E-state index contributed by atoms with van der Waals surface area (Å²) >= 11 is 0. The molecule has 0 aromatic heterocycles. The van der Waals surface area contributed by atoms with Crippen molar-refractivity contribution in [1.82, 2.24) is 0 Å². The van der Waals surface area contributed by atoms with Gasteiger partial charge in [0.2, 0.25) is 0 Å². The minimum atomic E-state index is -1.54. The van der Waals surface area contributed by atoms with Crippen LogP contribution in [0.2, 0.25) is 0 Å². The Morgan fingerprint density at radius 3 is 2.00 bits per heavy atom. The summed E-state index contributed by atoms with van der Waals surface area (Å²) in [5.41, 5.74) is -1.73. The summed E-state index contributed by atoms with van der Waals surface area (Å²) in [5.74, 6) is 0.592. The van der Waals surface area contributed by atoms with Crippen LogP contribution in [0.25, 0.3) is 0 Å². The van der Waals surface area contributed by atoms with Gasteiger partial charge in [-0.1, -0.05) is 25.5 Å². The quantitative estimate of drug-likeness (QED) is 0.635. The van der Waals surface area contributed by atoms with Gasteiger partial charge >= 0.3 is 0 Å². The first-order valence-electron chi connectivity index (χ1n) is 7.27. The van der Waals surface area contributed by atoms with Crippen LogP contribution in [0, 0.1) is 79.3 Å². The van der Waals surface area contributed by atoms with Gasteiger partial charge in [-0.2, -0.15) is 21.0 Å². The monoisotopic (exact) mass is 276 g/mol. The minimum absolute atomic E-state index is 0.185. The summed E-state index contributed by atoms with van der Waals surface area (Å²) in [6.45, 7) is 4.47. The Morgan fingerprint density at radius 1 is 0.952 bits per heavy atom. The van der Waals surface area contributed by atoms with Crippen molar-refractivity contribution in [2.45, 2.75) is 33.1 Å². The third-order valence-electron chi connectivity index (χ3n) is 6.37. The second-order valence-electron chi connectivity index (χ2n) is 7.16. The van der Waals surface area contributed by atoms with Crippen molar-refractivity contribution in [3.63, 3.8) is 0 Å². The van der Waals surface area contributed by atoms with Crippen LogP contribution < -0.4 is 0 Å². The highest BCUT2D eigenvalue weighted by Crippen LogP contribution is 2.69. The third kappa shape index (κ3) is 1.27. The number of hydrogen-bond donors (Lipinski definition) is 0. The van der Waals surface area contributed by atoms with E-state index in [0.717, 1.165) is 18.4 Å². The first-order valence-corrected chi connectivity index (χ1v) is 7.27. The van der Waals surface area contributed by atoms with Gasteiger partial charge in [-0.15, -0.1) is 0 Å². The first-order chi connectivity index (χ1) is 9.92. The zero-order chi connectivity index (χ0) is 15.5. The smallest absolute Gasteiger partial charge is 0.182 e. The molecule has 2 bridgehead atoms. The van der Waals surface area contributed by atoms with E-state index in [-0.39, 0.29) is 17.8 Å². The maximum atomic E-state index is 9.71. The first kappa shape index (κ1) is 13.7. The molecule has 2 unspecified atom stereocenters. The molecule has 21 heavy (non-hydrogen) atoms. The predicted octanol–water partition coefficient (Wildman–Crippen LogP) is 3.07. The number of nitriles is 4. The largest absolute Gasteiger partial charge is 0.196 e. The van der Waals surface area contributed by atoms with Crippen LogP contribution >= 0.6 is 0 Å². The highest BCUT2D eigenvalue weighted by molar-refractivity contribution is 5.45. The van der Waals surface area contributed by atoms with Crippen LogP contribution in [0.1, 0.15) is 33.1 Å². The molecule has 0 aromatic rings. The second kappa shape index (κ2) is 3.87. The lowest BCUT2D eigenvalue weighted by Gasteiger charge is -2.63. The number of rotatable bonds is 0. The Hall–Kier alpha value is -2.30. The fourth-order valence-electron chi connectivity index (χ4n) is 4.75. The molecule has 3 fully saturated rings. The molecule has 0 amide bonds. The van der Waals surface area contributed by atoms with E-state index in [4.69, 9.17) is 0 Å². The standard InChI is InChI=1S/C17H16N4/c1-15(2)11-5-13(15)12-3-4-16(7-18,8-19)17(9-20,10-21)14(12)6-11/h3,11,13-14H,4-6H2,1-2H3/t11?,13?,14-/m1/s1. The van der Waals surface area contributed by atoms with Crippen molar-refractivity contribution >= 4 is 0 Å². The van der Waals surface area contributed by atoms with Gasteiger partial charge < -0.3 is 0 Å². The summed E-state index contributed by atoms with van der Waals surface area (Å²) < 4.78 is 0. The Kier molecular flexibility index (Phi) is 2.52. The molecule has 4 nitrogen and oxygen atoms in total. The van der Waals surface area contributed by atoms with E-state index in [1.54, 1.807) is 0 Å². The number of allylic oxidation sites excluding steroid dienone is 2. The Morgan fingerprint density at radius 2 is 1.52 bits per heavy atom. The van der Waals surface area contributed by atoms with Crippen molar-refractivity contribution in [3.8, 4) is 24.3 Å².